The van der Waals surface area contributed by atoms with E-state index in [0.717, 1.165) is 25.7 Å². The highest BCUT2D eigenvalue weighted by Gasteiger charge is 2.58. The van der Waals surface area contributed by atoms with Gasteiger partial charge in [-0.25, -0.2) is 0 Å². The molecular formula is C30H51N3O7. The van der Waals surface area contributed by atoms with Gasteiger partial charge < -0.3 is 24.8 Å². The standard InChI is InChI=1S/C30H51N3O7/c1-9-12-13-14-15-23(34)37-20-29(8)21-38-30(39-22-29)18-27(4,5)33(28(6,7)19-30)40-24(25(35)31-16-10-2)26(36)32-17-11-3/h10-11,24H,2-3,9,12-22H2,1,4-8H3,(H,31,35)(H,32,36). The number of carbonyl (C=O) groups is 3. The van der Waals surface area contributed by atoms with Crippen molar-refractivity contribution >= 4 is 17.8 Å². The lowest BCUT2D eigenvalue weighted by atomic mass is 9.77. The number of amides is 2. The van der Waals surface area contributed by atoms with E-state index in [1.165, 1.54) is 12.2 Å². The highest BCUT2D eigenvalue weighted by atomic mass is 16.7. The molecule has 228 valence electrons. The molecular weight excluding hydrogens is 514 g/mol. The molecule has 0 bridgehead atoms. The van der Waals surface area contributed by atoms with Crippen LogP contribution in [0.5, 0.6) is 0 Å². The first-order valence-corrected chi connectivity index (χ1v) is 14.4. The lowest BCUT2D eigenvalue weighted by Crippen LogP contribution is -2.69. The van der Waals surface area contributed by atoms with Gasteiger partial charge in [-0.2, -0.15) is 5.06 Å². The maximum absolute atomic E-state index is 12.9. The first kappa shape index (κ1) is 33.9. The molecule has 2 rings (SSSR count). The SMILES string of the molecule is C=CCNC(=O)C(ON1C(C)(C)CC2(CC1(C)C)OCC(C)(COC(=O)CCCCCC)CO2)C(=O)NCC=C. The Balaban J connectivity index is 2.07. The number of piperidine rings is 1. The van der Waals surface area contributed by atoms with Crippen molar-refractivity contribution in [3.8, 4) is 0 Å². The minimum absolute atomic E-state index is 0.186. The predicted molar refractivity (Wildman–Crippen MR) is 153 cm³/mol. The Hall–Kier alpha value is -2.27. The summed E-state index contributed by atoms with van der Waals surface area (Å²) < 4.78 is 18.4. The van der Waals surface area contributed by atoms with Crippen molar-refractivity contribution in [3.05, 3.63) is 25.3 Å². The molecule has 2 N–H and O–H groups in total. The largest absolute Gasteiger partial charge is 0.465 e. The molecule has 10 heteroatoms. The molecule has 2 fully saturated rings. The Labute approximate surface area is 240 Å². The summed E-state index contributed by atoms with van der Waals surface area (Å²) in [6.45, 7) is 20.6. The van der Waals surface area contributed by atoms with Crippen LogP contribution in [0, 0.1) is 5.41 Å². The number of carbonyl (C=O) groups excluding carboxylic acids is 3. The Bertz CT molecular complexity index is 850. The fraction of sp³-hybridized carbons (Fsp3) is 0.767. The maximum Gasteiger partial charge on any atom is 0.305 e. The van der Waals surface area contributed by atoms with Crippen molar-refractivity contribution in [3.63, 3.8) is 0 Å². The van der Waals surface area contributed by atoms with E-state index in [9.17, 15) is 14.4 Å². The third-order valence-electron chi connectivity index (χ3n) is 7.22. The molecule has 0 unspecified atom stereocenters. The second kappa shape index (κ2) is 14.6. The number of ether oxygens (including phenoxy) is 3. The van der Waals surface area contributed by atoms with Gasteiger partial charge in [0.1, 0.15) is 6.61 Å². The van der Waals surface area contributed by atoms with Gasteiger partial charge in [0.05, 0.1) is 13.2 Å². The Morgan fingerprint density at radius 3 is 1.90 bits per heavy atom. The smallest absolute Gasteiger partial charge is 0.305 e. The monoisotopic (exact) mass is 565 g/mol. The molecule has 2 amide bonds. The number of nitrogens with zero attached hydrogens (tertiary/aromatic N) is 1. The molecule has 0 radical (unpaired) electrons. The molecule has 0 saturated carbocycles. The van der Waals surface area contributed by atoms with Crippen LogP contribution in [-0.2, 0) is 33.4 Å². The second-order valence-corrected chi connectivity index (χ2v) is 12.6. The average Bonchev–Trinajstić information content (AvgIpc) is 2.88. The summed E-state index contributed by atoms with van der Waals surface area (Å²) in [5.41, 5.74) is -1.80. The van der Waals surface area contributed by atoms with Gasteiger partial charge in [-0.05, 0) is 34.1 Å². The Morgan fingerprint density at radius 2 is 1.43 bits per heavy atom. The van der Waals surface area contributed by atoms with E-state index in [1.807, 2.05) is 34.6 Å². The summed E-state index contributed by atoms with van der Waals surface area (Å²) in [5, 5.41) is 7.03. The van der Waals surface area contributed by atoms with Gasteiger partial charge in [0.15, 0.2) is 5.79 Å². The van der Waals surface area contributed by atoms with Crippen LogP contribution in [0.25, 0.3) is 0 Å². The number of unbranched alkanes of at least 4 members (excludes halogenated alkanes) is 3. The zero-order chi connectivity index (χ0) is 30.0. The van der Waals surface area contributed by atoms with Crippen LogP contribution in [0.1, 0.15) is 86.5 Å². The van der Waals surface area contributed by atoms with E-state index in [1.54, 1.807) is 5.06 Å². The molecule has 2 aliphatic heterocycles. The summed E-state index contributed by atoms with van der Waals surface area (Å²) in [6.07, 6.45) is 7.09. The fourth-order valence-electron chi connectivity index (χ4n) is 5.49. The average molecular weight is 566 g/mol. The topological polar surface area (TPSA) is 115 Å². The number of rotatable bonds is 15. The number of esters is 1. The first-order valence-electron chi connectivity index (χ1n) is 14.4. The predicted octanol–water partition coefficient (Wildman–Crippen LogP) is 3.81. The van der Waals surface area contributed by atoms with Crippen LogP contribution in [0.4, 0.5) is 0 Å². The van der Waals surface area contributed by atoms with Crippen LogP contribution < -0.4 is 10.6 Å². The molecule has 0 aromatic carbocycles. The number of hydroxylamine groups is 2. The van der Waals surface area contributed by atoms with Gasteiger partial charge in [0.25, 0.3) is 11.8 Å². The van der Waals surface area contributed by atoms with Gasteiger partial charge >= 0.3 is 5.97 Å². The Kier molecular flexibility index (Phi) is 12.4. The lowest BCUT2D eigenvalue weighted by Gasteiger charge is -2.59. The summed E-state index contributed by atoms with van der Waals surface area (Å²) in [7, 11) is 0. The molecule has 2 heterocycles. The number of hydrogen-bond acceptors (Lipinski definition) is 8. The van der Waals surface area contributed by atoms with Crippen LogP contribution in [0.3, 0.4) is 0 Å². The number of nitrogens with one attached hydrogen (secondary N) is 2. The summed E-state index contributed by atoms with van der Waals surface area (Å²) >= 11 is 0. The van der Waals surface area contributed by atoms with Crippen molar-refractivity contribution in [1.82, 2.24) is 15.7 Å². The van der Waals surface area contributed by atoms with E-state index in [4.69, 9.17) is 19.0 Å². The third-order valence-corrected chi connectivity index (χ3v) is 7.22. The van der Waals surface area contributed by atoms with Crippen molar-refractivity contribution < 1.29 is 33.4 Å². The fourth-order valence-corrected chi connectivity index (χ4v) is 5.49. The highest BCUT2D eigenvalue weighted by Crippen LogP contribution is 2.49. The van der Waals surface area contributed by atoms with E-state index >= 15 is 0 Å². The van der Waals surface area contributed by atoms with Crippen molar-refractivity contribution in [2.45, 2.75) is 109 Å². The minimum Gasteiger partial charge on any atom is -0.465 e. The molecule has 40 heavy (non-hydrogen) atoms. The molecule has 10 nitrogen and oxygen atoms in total. The normalized spacial score (nSPS) is 21.0. The third kappa shape index (κ3) is 9.39. The van der Waals surface area contributed by atoms with Gasteiger partial charge in [-0.15, -0.1) is 13.2 Å². The quantitative estimate of drug-likeness (QED) is 0.133. The zero-order valence-corrected chi connectivity index (χ0v) is 25.4. The van der Waals surface area contributed by atoms with Gasteiger partial charge in [-0.3, -0.25) is 19.2 Å². The zero-order valence-electron chi connectivity index (χ0n) is 25.4. The lowest BCUT2D eigenvalue weighted by molar-refractivity contribution is -0.385. The first-order chi connectivity index (χ1) is 18.7. The molecule has 0 aliphatic carbocycles. The number of hydrogen-bond donors (Lipinski definition) is 2. The summed E-state index contributed by atoms with van der Waals surface area (Å²) in [5.74, 6) is -2.19. The van der Waals surface area contributed by atoms with Crippen molar-refractivity contribution in [2.75, 3.05) is 32.9 Å². The van der Waals surface area contributed by atoms with Crippen LogP contribution in [0.2, 0.25) is 0 Å². The van der Waals surface area contributed by atoms with Gasteiger partial charge in [-0.1, -0.05) is 45.3 Å². The van der Waals surface area contributed by atoms with E-state index in [0.29, 0.717) is 32.5 Å². The van der Waals surface area contributed by atoms with E-state index < -0.39 is 40.2 Å². The summed E-state index contributed by atoms with van der Waals surface area (Å²) in [6, 6.07) is 0. The summed E-state index contributed by atoms with van der Waals surface area (Å²) in [4.78, 5) is 44.2. The second-order valence-electron chi connectivity index (χ2n) is 12.6. The van der Waals surface area contributed by atoms with Crippen LogP contribution in [0.15, 0.2) is 25.3 Å². The minimum atomic E-state index is -1.40. The van der Waals surface area contributed by atoms with Crippen LogP contribution in [-0.4, -0.2) is 78.7 Å². The maximum atomic E-state index is 12.9. The van der Waals surface area contributed by atoms with E-state index in [2.05, 4.69) is 30.7 Å². The van der Waals surface area contributed by atoms with Gasteiger partial charge in [0, 0.05) is 48.8 Å². The Morgan fingerprint density at radius 1 is 0.900 bits per heavy atom. The molecule has 0 atom stereocenters. The van der Waals surface area contributed by atoms with E-state index in [-0.39, 0.29) is 25.7 Å². The van der Waals surface area contributed by atoms with Crippen molar-refractivity contribution in [1.29, 1.82) is 0 Å². The molecule has 2 saturated heterocycles. The highest BCUT2D eigenvalue weighted by molar-refractivity contribution is 6.03. The molecule has 1 spiro atoms. The van der Waals surface area contributed by atoms with Gasteiger partial charge in [0.2, 0.25) is 6.10 Å². The van der Waals surface area contributed by atoms with Crippen LogP contribution >= 0.6 is 0 Å². The molecule has 2 aliphatic rings. The van der Waals surface area contributed by atoms with Crippen molar-refractivity contribution in [2.24, 2.45) is 5.41 Å². The molecule has 0 aromatic rings. The molecule has 0 aromatic heterocycles.